The zero-order chi connectivity index (χ0) is 25.5. The van der Waals surface area contributed by atoms with E-state index in [1.54, 1.807) is 19.2 Å². The number of methoxy groups -OCH3 is 1. The van der Waals surface area contributed by atoms with Gasteiger partial charge in [0.1, 0.15) is 11.6 Å². The van der Waals surface area contributed by atoms with Crippen molar-refractivity contribution < 1.29 is 28.1 Å². The number of amides is 1. The van der Waals surface area contributed by atoms with Crippen LogP contribution in [0.4, 0.5) is 10.1 Å². The van der Waals surface area contributed by atoms with Gasteiger partial charge in [-0.3, -0.25) is 4.79 Å². The van der Waals surface area contributed by atoms with Crippen LogP contribution in [-0.4, -0.2) is 58.8 Å². The molecule has 0 aliphatic carbocycles. The summed E-state index contributed by atoms with van der Waals surface area (Å²) in [5.74, 6) is 0.676. The van der Waals surface area contributed by atoms with Crippen LogP contribution in [0.2, 0.25) is 0 Å². The maximum absolute atomic E-state index is 15.5. The van der Waals surface area contributed by atoms with Crippen molar-refractivity contribution in [1.29, 1.82) is 0 Å². The zero-order valence-electron chi connectivity index (χ0n) is 22.2. The quantitative estimate of drug-likeness (QED) is 0.245. The van der Waals surface area contributed by atoms with Crippen molar-refractivity contribution >= 4 is 11.6 Å². The minimum Gasteiger partial charge on any atom is -0.496 e. The van der Waals surface area contributed by atoms with E-state index in [2.05, 4.69) is 24.1 Å². The molecule has 0 radical (unpaired) electrons. The first kappa shape index (κ1) is 27.1. The summed E-state index contributed by atoms with van der Waals surface area (Å²) in [7, 11) is 1.61. The van der Waals surface area contributed by atoms with Crippen LogP contribution in [-0.2, 0) is 19.0 Å². The Morgan fingerprint density at radius 1 is 1.11 bits per heavy atom. The van der Waals surface area contributed by atoms with Crippen molar-refractivity contribution in [3.8, 4) is 5.75 Å². The molecular formula is C28H43FN2O5. The molecule has 3 fully saturated rings. The number of β-lactam (4-membered cyclic amide) rings is 1. The highest BCUT2D eigenvalue weighted by atomic mass is 19.1. The fourth-order valence-corrected chi connectivity index (χ4v) is 5.72. The number of nitrogens with zero attached hydrogens (tertiary/aromatic N) is 1. The Labute approximate surface area is 215 Å². The van der Waals surface area contributed by atoms with Crippen molar-refractivity contribution in [3.63, 3.8) is 0 Å². The molecule has 1 aromatic rings. The molecule has 1 spiro atoms. The molecule has 202 valence electrons. The molecular weight excluding hydrogens is 463 g/mol. The van der Waals surface area contributed by atoms with Gasteiger partial charge in [0.05, 0.1) is 24.3 Å². The second kappa shape index (κ2) is 12.6. The summed E-state index contributed by atoms with van der Waals surface area (Å²) in [6.07, 6.45) is 7.11. The summed E-state index contributed by atoms with van der Waals surface area (Å²) < 4.78 is 38.9. The first-order valence-corrected chi connectivity index (χ1v) is 13.8. The maximum atomic E-state index is 15.5. The van der Waals surface area contributed by atoms with Crippen LogP contribution >= 0.6 is 0 Å². The average molecular weight is 507 g/mol. The Morgan fingerprint density at radius 3 is 2.31 bits per heavy atom. The van der Waals surface area contributed by atoms with Gasteiger partial charge in [-0.2, -0.15) is 0 Å². The molecule has 4 rings (SSSR count). The number of rotatable bonds is 12. The Bertz CT molecular complexity index is 858. The average Bonchev–Trinajstić information content (AvgIpc) is 2.91. The predicted molar refractivity (Wildman–Crippen MR) is 137 cm³/mol. The Hall–Kier alpha value is -1.90. The van der Waals surface area contributed by atoms with Crippen LogP contribution in [0.3, 0.4) is 0 Å². The molecule has 1 unspecified atom stereocenters. The number of benzene rings is 1. The van der Waals surface area contributed by atoms with Crippen molar-refractivity contribution in [1.82, 2.24) is 5.32 Å². The fourth-order valence-electron chi connectivity index (χ4n) is 5.72. The van der Waals surface area contributed by atoms with Gasteiger partial charge in [-0.05, 0) is 44.6 Å². The van der Waals surface area contributed by atoms with Gasteiger partial charge >= 0.3 is 0 Å². The lowest BCUT2D eigenvalue weighted by atomic mass is 9.65. The second-order valence-corrected chi connectivity index (χ2v) is 10.4. The summed E-state index contributed by atoms with van der Waals surface area (Å²) >= 11 is 0. The van der Waals surface area contributed by atoms with E-state index in [1.165, 1.54) is 0 Å². The van der Waals surface area contributed by atoms with E-state index < -0.39 is 5.41 Å². The summed E-state index contributed by atoms with van der Waals surface area (Å²) in [5.41, 5.74) is 0.738. The normalized spacial score (nSPS) is 22.1. The van der Waals surface area contributed by atoms with Crippen molar-refractivity contribution in [2.45, 2.75) is 77.5 Å². The number of carbonyl (C=O) groups excluding carboxylic acids is 1. The maximum Gasteiger partial charge on any atom is 0.229 e. The number of ether oxygens (including phenoxy) is 4. The lowest BCUT2D eigenvalue weighted by Gasteiger charge is -2.51. The van der Waals surface area contributed by atoms with Crippen molar-refractivity contribution in [3.05, 3.63) is 23.5 Å². The number of hydrogen-bond donors (Lipinski definition) is 1. The van der Waals surface area contributed by atoms with Crippen molar-refractivity contribution in [2.75, 3.05) is 51.5 Å². The summed E-state index contributed by atoms with van der Waals surface area (Å²) in [4.78, 5) is 14.6. The van der Waals surface area contributed by atoms with Gasteiger partial charge in [0.25, 0.3) is 0 Å². The van der Waals surface area contributed by atoms with Gasteiger partial charge < -0.3 is 29.2 Å². The van der Waals surface area contributed by atoms with Crippen LogP contribution in [0, 0.1) is 17.2 Å². The zero-order valence-corrected chi connectivity index (χ0v) is 22.2. The molecule has 0 aromatic heterocycles. The molecule has 1 amide bonds. The largest absolute Gasteiger partial charge is 0.496 e. The second-order valence-electron chi connectivity index (χ2n) is 10.4. The van der Waals surface area contributed by atoms with Gasteiger partial charge in [-0.15, -0.1) is 0 Å². The van der Waals surface area contributed by atoms with E-state index in [9.17, 15) is 4.79 Å². The van der Waals surface area contributed by atoms with E-state index in [0.29, 0.717) is 62.2 Å². The van der Waals surface area contributed by atoms with Gasteiger partial charge in [0.15, 0.2) is 6.29 Å². The van der Waals surface area contributed by atoms with E-state index >= 15 is 4.39 Å². The number of piperidine rings is 1. The third-order valence-corrected chi connectivity index (χ3v) is 8.10. The standard InChI is InChI=1S/C28H43FN2O5/c1-4-6-14-35-26(36-15-7-5-2)20-8-12-31(13-9-20)23-19-24(33-3)21(18-22(23)29)25-28(27(32)30-25)10-16-34-17-11-28/h18-20,25-26H,4-17H2,1-3H3,(H,30,32). The lowest BCUT2D eigenvalue weighted by molar-refractivity contribution is -0.177. The Balaban J connectivity index is 1.44. The highest BCUT2D eigenvalue weighted by Gasteiger charge is 2.56. The van der Waals surface area contributed by atoms with Crippen LogP contribution in [0.15, 0.2) is 12.1 Å². The first-order chi connectivity index (χ1) is 17.5. The predicted octanol–water partition coefficient (Wildman–Crippen LogP) is 4.98. The van der Waals surface area contributed by atoms with Gasteiger partial charge in [0, 0.05) is 57.1 Å². The van der Waals surface area contributed by atoms with Crippen LogP contribution < -0.4 is 15.0 Å². The minimum atomic E-state index is -0.525. The monoisotopic (exact) mass is 506 g/mol. The molecule has 36 heavy (non-hydrogen) atoms. The first-order valence-electron chi connectivity index (χ1n) is 13.8. The molecule has 8 heteroatoms. The SMILES string of the molecule is CCCCOC(OCCCC)C1CCN(c2cc(OC)c(C3NC(=O)C34CCOCC4)cc2F)CC1. The number of halogens is 1. The van der Waals surface area contributed by atoms with Crippen LogP contribution in [0.5, 0.6) is 5.75 Å². The Kier molecular flexibility index (Phi) is 9.47. The number of carbonyl (C=O) groups is 1. The van der Waals surface area contributed by atoms with Crippen LogP contribution in [0.1, 0.15) is 76.8 Å². The molecule has 7 nitrogen and oxygen atoms in total. The number of hydrogen-bond acceptors (Lipinski definition) is 6. The molecule has 3 heterocycles. The minimum absolute atomic E-state index is 0.0290. The summed E-state index contributed by atoms with van der Waals surface area (Å²) in [6, 6.07) is 3.11. The van der Waals surface area contributed by atoms with E-state index in [-0.39, 0.29) is 24.1 Å². The molecule has 1 atom stereocenters. The van der Waals surface area contributed by atoms with Crippen LogP contribution in [0.25, 0.3) is 0 Å². The topological polar surface area (TPSA) is 69.3 Å². The molecule has 3 aliphatic heterocycles. The third kappa shape index (κ3) is 5.65. The van der Waals surface area contributed by atoms with E-state index in [1.807, 2.05) is 0 Å². The Morgan fingerprint density at radius 2 is 1.75 bits per heavy atom. The molecule has 1 aromatic carbocycles. The van der Waals surface area contributed by atoms with Gasteiger partial charge in [0.2, 0.25) is 5.91 Å². The van der Waals surface area contributed by atoms with Gasteiger partial charge in [-0.1, -0.05) is 26.7 Å². The van der Waals surface area contributed by atoms with Crippen molar-refractivity contribution in [2.24, 2.45) is 11.3 Å². The number of anilines is 1. The molecule has 0 saturated carbocycles. The van der Waals surface area contributed by atoms with Gasteiger partial charge in [-0.25, -0.2) is 4.39 Å². The number of unbranched alkanes of at least 4 members (excludes halogenated alkanes) is 2. The molecule has 3 aliphatic rings. The third-order valence-electron chi connectivity index (χ3n) is 8.10. The summed E-state index contributed by atoms with van der Waals surface area (Å²) in [5, 5.41) is 3.00. The smallest absolute Gasteiger partial charge is 0.229 e. The van der Waals surface area contributed by atoms with E-state index in [4.69, 9.17) is 18.9 Å². The van der Waals surface area contributed by atoms with E-state index in [0.717, 1.165) is 51.6 Å². The number of nitrogens with one attached hydrogen (secondary N) is 1. The lowest BCUT2D eigenvalue weighted by Crippen LogP contribution is -2.63. The molecule has 3 saturated heterocycles. The highest BCUT2D eigenvalue weighted by molar-refractivity contribution is 5.91. The highest BCUT2D eigenvalue weighted by Crippen LogP contribution is 2.52. The molecule has 0 bridgehead atoms. The summed E-state index contributed by atoms with van der Waals surface area (Å²) in [6.45, 7) is 8.31. The fraction of sp³-hybridized carbons (Fsp3) is 0.750. The molecule has 1 N–H and O–H groups in total.